The maximum Gasteiger partial charge on any atom is 0.320 e. The van der Waals surface area contributed by atoms with E-state index in [9.17, 15) is 9.59 Å². The summed E-state index contributed by atoms with van der Waals surface area (Å²) in [5.74, 6) is -0.403. The molecule has 0 radical (unpaired) electrons. The van der Waals surface area contributed by atoms with Gasteiger partial charge in [-0.2, -0.15) is 0 Å². The van der Waals surface area contributed by atoms with Crippen LogP contribution in [-0.2, 0) is 20.7 Å². The Kier molecular flexibility index (Phi) is 7.35. The predicted octanol–water partition coefficient (Wildman–Crippen LogP) is 0.840. The molecule has 0 unspecified atom stereocenters. The Labute approximate surface area is 119 Å². The molecule has 0 bridgehead atoms. The minimum absolute atomic E-state index is 0.0901. The molecule has 0 saturated heterocycles. The minimum Gasteiger partial charge on any atom is -0.465 e. The number of likely N-dealkylation sites (N-methyl/N-ethyl adjacent to an activating group) is 1. The number of benzene rings is 1. The highest BCUT2D eigenvalue weighted by molar-refractivity contribution is 5.79. The number of esters is 1. The summed E-state index contributed by atoms with van der Waals surface area (Å²) < 4.78 is 4.82. The molecule has 1 aromatic carbocycles. The highest BCUT2D eigenvalue weighted by Crippen LogP contribution is 1.98. The summed E-state index contributed by atoms with van der Waals surface area (Å²) >= 11 is 0. The van der Waals surface area contributed by atoms with Crippen molar-refractivity contribution in [1.29, 1.82) is 0 Å². The molecule has 5 nitrogen and oxygen atoms in total. The lowest BCUT2D eigenvalue weighted by atomic mass is 10.1. The molecule has 1 N–H and O–H groups in total. The van der Waals surface area contributed by atoms with Gasteiger partial charge in [0.15, 0.2) is 0 Å². The van der Waals surface area contributed by atoms with Crippen molar-refractivity contribution in [2.45, 2.75) is 13.3 Å². The summed E-state index contributed by atoms with van der Waals surface area (Å²) in [6, 6.07) is 9.97. The zero-order valence-corrected chi connectivity index (χ0v) is 12.1. The van der Waals surface area contributed by atoms with Gasteiger partial charge in [-0.25, -0.2) is 0 Å². The molecule has 1 rings (SSSR count). The van der Waals surface area contributed by atoms with Gasteiger partial charge >= 0.3 is 5.97 Å². The van der Waals surface area contributed by atoms with Crippen LogP contribution in [0.15, 0.2) is 30.3 Å². The number of amides is 1. The molecule has 0 fully saturated rings. The number of carbonyl (C=O) groups is 2. The molecule has 110 valence electrons. The second-order valence-electron chi connectivity index (χ2n) is 4.56. The van der Waals surface area contributed by atoms with Gasteiger partial charge in [-0.15, -0.1) is 0 Å². The number of hydrogen-bond donors (Lipinski definition) is 1. The van der Waals surface area contributed by atoms with Gasteiger partial charge in [-0.05, 0) is 26.0 Å². The fourth-order valence-electron chi connectivity index (χ4n) is 1.77. The molecule has 1 aromatic rings. The van der Waals surface area contributed by atoms with Crippen LogP contribution in [0.4, 0.5) is 0 Å². The quantitative estimate of drug-likeness (QED) is 0.716. The average molecular weight is 278 g/mol. The molecule has 5 heteroatoms. The number of ether oxygens (including phenoxy) is 1. The summed E-state index contributed by atoms with van der Waals surface area (Å²) in [4.78, 5) is 24.6. The number of carbonyl (C=O) groups excluding carboxylic acids is 2. The van der Waals surface area contributed by atoms with E-state index in [1.807, 2.05) is 30.3 Å². The van der Waals surface area contributed by atoms with Crippen molar-refractivity contribution in [3.05, 3.63) is 35.9 Å². The predicted molar refractivity (Wildman–Crippen MR) is 77.3 cm³/mol. The van der Waals surface area contributed by atoms with Crippen LogP contribution in [0.25, 0.3) is 0 Å². The average Bonchev–Trinajstić information content (AvgIpc) is 2.39. The summed E-state index contributed by atoms with van der Waals surface area (Å²) in [6.07, 6.45) is 0.800. The number of rotatable bonds is 8. The molecule has 0 aromatic heterocycles. The SMILES string of the molecule is CCOC(=O)CN(C)CC(=O)NCCc1ccccc1. The maximum absolute atomic E-state index is 11.7. The number of hydrogen-bond acceptors (Lipinski definition) is 4. The van der Waals surface area contributed by atoms with Crippen molar-refractivity contribution in [3.8, 4) is 0 Å². The second-order valence-corrected chi connectivity index (χ2v) is 4.56. The molecular formula is C15H22N2O3. The Hall–Kier alpha value is -1.88. The van der Waals surface area contributed by atoms with Gasteiger partial charge in [0.2, 0.25) is 5.91 Å². The van der Waals surface area contributed by atoms with E-state index in [4.69, 9.17) is 4.74 Å². The van der Waals surface area contributed by atoms with Crippen LogP contribution in [0.5, 0.6) is 0 Å². The first-order valence-corrected chi connectivity index (χ1v) is 6.76. The summed E-state index contributed by atoms with van der Waals surface area (Å²) in [6.45, 7) is 3.02. The Bertz CT molecular complexity index is 420. The van der Waals surface area contributed by atoms with E-state index < -0.39 is 0 Å². The standard InChI is InChI=1S/C15H22N2O3/c1-3-20-15(19)12-17(2)11-14(18)16-10-9-13-7-5-4-6-8-13/h4-8H,3,9-12H2,1-2H3,(H,16,18). The van der Waals surface area contributed by atoms with Crippen LogP contribution >= 0.6 is 0 Å². The third-order valence-electron chi connectivity index (χ3n) is 2.70. The zero-order chi connectivity index (χ0) is 14.8. The molecule has 0 atom stereocenters. The van der Waals surface area contributed by atoms with Gasteiger partial charge in [0.05, 0.1) is 19.7 Å². The molecule has 20 heavy (non-hydrogen) atoms. The highest BCUT2D eigenvalue weighted by atomic mass is 16.5. The monoisotopic (exact) mass is 278 g/mol. The van der Waals surface area contributed by atoms with Gasteiger partial charge < -0.3 is 10.1 Å². The van der Waals surface area contributed by atoms with Gasteiger partial charge in [0.1, 0.15) is 0 Å². The van der Waals surface area contributed by atoms with E-state index in [-0.39, 0.29) is 25.0 Å². The van der Waals surface area contributed by atoms with Gasteiger partial charge in [0, 0.05) is 6.54 Å². The lowest BCUT2D eigenvalue weighted by Gasteiger charge is -2.15. The van der Waals surface area contributed by atoms with Crippen molar-refractivity contribution < 1.29 is 14.3 Å². The Morgan fingerprint density at radius 2 is 1.90 bits per heavy atom. The number of nitrogens with zero attached hydrogens (tertiary/aromatic N) is 1. The topological polar surface area (TPSA) is 58.6 Å². The van der Waals surface area contributed by atoms with Crippen molar-refractivity contribution in [1.82, 2.24) is 10.2 Å². The molecule has 0 saturated carbocycles. The van der Waals surface area contributed by atoms with Crippen molar-refractivity contribution in [2.24, 2.45) is 0 Å². The van der Waals surface area contributed by atoms with Crippen LogP contribution in [0.1, 0.15) is 12.5 Å². The summed E-state index contributed by atoms with van der Waals surface area (Å²) in [7, 11) is 1.72. The number of nitrogens with one attached hydrogen (secondary N) is 1. The lowest BCUT2D eigenvalue weighted by molar-refractivity contribution is -0.144. The summed E-state index contributed by atoms with van der Waals surface area (Å²) in [5.41, 5.74) is 1.19. The maximum atomic E-state index is 11.7. The molecule has 1 amide bonds. The Morgan fingerprint density at radius 3 is 2.55 bits per heavy atom. The Morgan fingerprint density at radius 1 is 1.20 bits per heavy atom. The van der Waals surface area contributed by atoms with E-state index in [1.165, 1.54) is 5.56 Å². The van der Waals surface area contributed by atoms with E-state index >= 15 is 0 Å². The summed E-state index contributed by atoms with van der Waals surface area (Å²) in [5, 5.41) is 2.83. The molecule has 0 heterocycles. The normalized spacial score (nSPS) is 10.3. The van der Waals surface area contributed by atoms with Gasteiger partial charge in [0.25, 0.3) is 0 Å². The third kappa shape index (κ3) is 6.89. The van der Waals surface area contributed by atoms with Crippen molar-refractivity contribution >= 4 is 11.9 Å². The van der Waals surface area contributed by atoms with Crippen molar-refractivity contribution in [2.75, 3.05) is 33.3 Å². The fraction of sp³-hybridized carbons (Fsp3) is 0.467. The molecule has 0 aliphatic heterocycles. The van der Waals surface area contributed by atoms with E-state index in [0.29, 0.717) is 13.2 Å². The largest absolute Gasteiger partial charge is 0.465 e. The zero-order valence-electron chi connectivity index (χ0n) is 12.1. The van der Waals surface area contributed by atoms with Crippen LogP contribution in [-0.4, -0.2) is 50.1 Å². The van der Waals surface area contributed by atoms with E-state index in [1.54, 1.807) is 18.9 Å². The van der Waals surface area contributed by atoms with Gasteiger partial charge in [-0.3, -0.25) is 14.5 Å². The molecule has 0 spiro atoms. The van der Waals surface area contributed by atoms with E-state index in [2.05, 4.69) is 5.32 Å². The van der Waals surface area contributed by atoms with Crippen LogP contribution in [0.2, 0.25) is 0 Å². The molecule has 0 aliphatic carbocycles. The highest BCUT2D eigenvalue weighted by Gasteiger charge is 2.10. The van der Waals surface area contributed by atoms with Crippen molar-refractivity contribution in [3.63, 3.8) is 0 Å². The third-order valence-corrected chi connectivity index (χ3v) is 2.70. The first-order valence-electron chi connectivity index (χ1n) is 6.76. The Balaban J connectivity index is 2.18. The second kappa shape index (κ2) is 9.09. The molecular weight excluding hydrogens is 256 g/mol. The molecule has 0 aliphatic rings. The van der Waals surface area contributed by atoms with Crippen LogP contribution in [0, 0.1) is 0 Å². The van der Waals surface area contributed by atoms with Crippen LogP contribution < -0.4 is 5.32 Å². The van der Waals surface area contributed by atoms with Gasteiger partial charge in [-0.1, -0.05) is 30.3 Å². The smallest absolute Gasteiger partial charge is 0.320 e. The first kappa shape index (κ1) is 16.2. The first-order chi connectivity index (χ1) is 9.61. The fourth-order valence-corrected chi connectivity index (χ4v) is 1.77. The lowest BCUT2D eigenvalue weighted by Crippen LogP contribution is -2.38. The minimum atomic E-state index is -0.313. The van der Waals surface area contributed by atoms with E-state index in [0.717, 1.165) is 6.42 Å². The van der Waals surface area contributed by atoms with Crippen LogP contribution in [0.3, 0.4) is 0 Å².